The van der Waals surface area contributed by atoms with Gasteiger partial charge in [-0.25, -0.2) is 0 Å². The molecule has 0 spiro atoms. The van der Waals surface area contributed by atoms with Crippen LogP contribution >= 0.6 is 0 Å². The van der Waals surface area contributed by atoms with E-state index in [-0.39, 0.29) is 12.0 Å². The molecular weight excluding hydrogens is 278 g/mol. The average molecular weight is 299 g/mol. The van der Waals surface area contributed by atoms with Gasteiger partial charge in [0, 0.05) is 49.9 Å². The molecule has 116 valence electrons. The van der Waals surface area contributed by atoms with E-state index >= 15 is 0 Å². The molecule has 0 aliphatic carbocycles. The van der Waals surface area contributed by atoms with Crippen molar-refractivity contribution in [3.8, 4) is 0 Å². The summed E-state index contributed by atoms with van der Waals surface area (Å²) in [6, 6.07) is 9.48. The summed E-state index contributed by atoms with van der Waals surface area (Å²) in [6.45, 7) is 5.46. The first-order chi connectivity index (χ1) is 10.6. The van der Waals surface area contributed by atoms with Gasteiger partial charge in [0.1, 0.15) is 0 Å². The van der Waals surface area contributed by atoms with E-state index in [0.717, 1.165) is 29.6 Å². The molecule has 5 nitrogen and oxygen atoms in total. The number of hydrogen-bond acceptors (Lipinski definition) is 4. The number of nitrogens with zero attached hydrogens (tertiary/aromatic N) is 3. The predicted octanol–water partition coefficient (Wildman–Crippen LogP) is 1.37. The normalized spacial score (nSPS) is 17.6. The van der Waals surface area contributed by atoms with Crippen LogP contribution in [0.25, 0.3) is 10.9 Å². The third-order valence-corrected chi connectivity index (χ3v) is 4.06. The quantitative estimate of drug-likeness (QED) is 0.930. The minimum Gasteiger partial charge on any atom is -0.392 e. The highest BCUT2D eigenvalue weighted by Gasteiger charge is 2.23. The number of carbonyl (C=O) groups is 1. The number of carbonyl (C=O) groups excluding carboxylic acids is 1. The summed E-state index contributed by atoms with van der Waals surface area (Å²) < 4.78 is 0. The van der Waals surface area contributed by atoms with Gasteiger partial charge in [-0.3, -0.25) is 14.7 Å². The Morgan fingerprint density at radius 3 is 2.73 bits per heavy atom. The van der Waals surface area contributed by atoms with Gasteiger partial charge in [0.2, 0.25) is 0 Å². The van der Waals surface area contributed by atoms with Crippen LogP contribution in [-0.2, 0) is 0 Å². The van der Waals surface area contributed by atoms with Gasteiger partial charge in [0.15, 0.2) is 0 Å². The lowest BCUT2D eigenvalue weighted by Gasteiger charge is -2.35. The zero-order chi connectivity index (χ0) is 15.5. The first kappa shape index (κ1) is 14.9. The molecule has 1 aliphatic rings. The Hall–Kier alpha value is -1.98. The zero-order valence-electron chi connectivity index (χ0n) is 12.8. The molecule has 0 bridgehead atoms. The number of aliphatic hydroxyl groups is 1. The molecule has 1 unspecified atom stereocenters. The molecule has 1 amide bonds. The van der Waals surface area contributed by atoms with E-state index in [1.807, 2.05) is 35.2 Å². The monoisotopic (exact) mass is 299 g/mol. The van der Waals surface area contributed by atoms with Crippen LogP contribution in [0.4, 0.5) is 0 Å². The number of pyridine rings is 1. The van der Waals surface area contributed by atoms with E-state index in [0.29, 0.717) is 19.6 Å². The summed E-state index contributed by atoms with van der Waals surface area (Å²) in [4.78, 5) is 21.2. The molecule has 0 saturated carbocycles. The summed E-state index contributed by atoms with van der Waals surface area (Å²) in [5, 5.41) is 10.4. The zero-order valence-corrected chi connectivity index (χ0v) is 12.8. The summed E-state index contributed by atoms with van der Waals surface area (Å²) in [5.41, 5.74) is 1.57. The van der Waals surface area contributed by atoms with Gasteiger partial charge in [-0.15, -0.1) is 0 Å². The van der Waals surface area contributed by atoms with Gasteiger partial charge in [-0.2, -0.15) is 0 Å². The highest BCUT2D eigenvalue weighted by molar-refractivity contribution is 6.06. The number of benzene rings is 1. The molecule has 2 heterocycles. The molecule has 1 aliphatic heterocycles. The lowest BCUT2D eigenvalue weighted by Crippen LogP contribution is -2.50. The molecule has 1 aromatic heterocycles. The summed E-state index contributed by atoms with van der Waals surface area (Å²) >= 11 is 0. The standard InChI is InChI=1S/C17H21N3O2/c1-13(21)12-19-8-10-20(11-9-19)17(22)15-4-2-6-16-14(15)5-3-7-18-16/h2-7,13,21H,8-12H2,1H3. The number of piperazine rings is 1. The third-order valence-electron chi connectivity index (χ3n) is 4.06. The first-order valence-electron chi connectivity index (χ1n) is 7.68. The fraction of sp³-hybridized carbons (Fsp3) is 0.412. The molecule has 1 atom stereocenters. The van der Waals surface area contributed by atoms with Crippen molar-refractivity contribution in [2.75, 3.05) is 32.7 Å². The minimum atomic E-state index is -0.327. The fourth-order valence-electron chi connectivity index (χ4n) is 2.97. The van der Waals surface area contributed by atoms with Crippen molar-refractivity contribution in [1.82, 2.24) is 14.8 Å². The van der Waals surface area contributed by atoms with Crippen LogP contribution in [0.3, 0.4) is 0 Å². The van der Waals surface area contributed by atoms with Crippen LogP contribution in [0.5, 0.6) is 0 Å². The Morgan fingerprint density at radius 1 is 1.23 bits per heavy atom. The number of amides is 1. The predicted molar refractivity (Wildman–Crippen MR) is 85.8 cm³/mol. The van der Waals surface area contributed by atoms with Gasteiger partial charge in [0.05, 0.1) is 11.6 Å². The summed E-state index contributed by atoms with van der Waals surface area (Å²) in [7, 11) is 0. The Balaban J connectivity index is 1.74. The maximum absolute atomic E-state index is 12.8. The number of rotatable bonds is 3. The maximum Gasteiger partial charge on any atom is 0.254 e. The van der Waals surface area contributed by atoms with Crippen molar-refractivity contribution >= 4 is 16.8 Å². The van der Waals surface area contributed by atoms with Crippen LogP contribution < -0.4 is 0 Å². The number of aromatic nitrogens is 1. The molecular formula is C17H21N3O2. The SMILES string of the molecule is CC(O)CN1CCN(C(=O)c2cccc3ncccc23)CC1. The second-order valence-electron chi connectivity index (χ2n) is 5.82. The highest BCUT2D eigenvalue weighted by atomic mass is 16.3. The van der Waals surface area contributed by atoms with E-state index in [1.165, 1.54) is 0 Å². The van der Waals surface area contributed by atoms with Crippen molar-refractivity contribution in [3.05, 3.63) is 42.1 Å². The molecule has 1 saturated heterocycles. The minimum absolute atomic E-state index is 0.0651. The molecule has 1 fully saturated rings. The number of β-amino-alcohol motifs (C(OH)–C–C–N with tert-alkyl or cyclic N) is 1. The van der Waals surface area contributed by atoms with E-state index in [1.54, 1.807) is 13.1 Å². The second-order valence-corrected chi connectivity index (χ2v) is 5.82. The molecule has 2 aromatic rings. The maximum atomic E-state index is 12.8. The van der Waals surface area contributed by atoms with Gasteiger partial charge in [-0.1, -0.05) is 12.1 Å². The van der Waals surface area contributed by atoms with Crippen molar-refractivity contribution < 1.29 is 9.90 Å². The van der Waals surface area contributed by atoms with Crippen LogP contribution in [0.15, 0.2) is 36.5 Å². The topological polar surface area (TPSA) is 56.7 Å². The van der Waals surface area contributed by atoms with E-state index < -0.39 is 0 Å². The molecule has 1 aromatic carbocycles. The van der Waals surface area contributed by atoms with Gasteiger partial charge in [-0.05, 0) is 25.1 Å². The van der Waals surface area contributed by atoms with Crippen LogP contribution in [0.1, 0.15) is 17.3 Å². The Kier molecular flexibility index (Phi) is 4.36. The number of fused-ring (bicyclic) bond motifs is 1. The Labute approximate surface area is 130 Å². The molecule has 0 radical (unpaired) electrons. The molecule has 22 heavy (non-hydrogen) atoms. The second kappa shape index (κ2) is 6.42. The number of aliphatic hydroxyl groups excluding tert-OH is 1. The lowest BCUT2D eigenvalue weighted by atomic mass is 10.1. The van der Waals surface area contributed by atoms with Crippen LogP contribution in [0.2, 0.25) is 0 Å². The van der Waals surface area contributed by atoms with E-state index in [4.69, 9.17) is 0 Å². The van der Waals surface area contributed by atoms with Gasteiger partial charge < -0.3 is 10.0 Å². The Bertz CT molecular complexity index is 659. The number of hydrogen-bond donors (Lipinski definition) is 1. The fourth-order valence-corrected chi connectivity index (χ4v) is 2.97. The third kappa shape index (κ3) is 3.10. The smallest absolute Gasteiger partial charge is 0.254 e. The van der Waals surface area contributed by atoms with Crippen molar-refractivity contribution in [3.63, 3.8) is 0 Å². The van der Waals surface area contributed by atoms with Gasteiger partial charge in [0.25, 0.3) is 5.91 Å². The van der Waals surface area contributed by atoms with E-state index in [2.05, 4.69) is 9.88 Å². The highest BCUT2D eigenvalue weighted by Crippen LogP contribution is 2.19. The molecule has 1 N–H and O–H groups in total. The Morgan fingerprint density at radius 2 is 2.00 bits per heavy atom. The lowest BCUT2D eigenvalue weighted by molar-refractivity contribution is 0.0556. The molecule has 3 rings (SSSR count). The van der Waals surface area contributed by atoms with E-state index in [9.17, 15) is 9.90 Å². The van der Waals surface area contributed by atoms with Crippen LogP contribution in [-0.4, -0.2) is 64.6 Å². The average Bonchev–Trinajstić information content (AvgIpc) is 2.54. The molecule has 5 heteroatoms. The summed E-state index contributed by atoms with van der Waals surface area (Å²) in [5.74, 6) is 0.0651. The van der Waals surface area contributed by atoms with Gasteiger partial charge >= 0.3 is 0 Å². The largest absolute Gasteiger partial charge is 0.392 e. The summed E-state index contributed by atoms with van der Waals surface area (Å²) in [6.07, 6.45) is 1.41. The van der Waals surface area contributed by atoms with Crippen molar-refractivity contribution in [2.45, 2.75) is 13.0 Å². The first-order valence-corrected chi connectivity index (χ1v) is 7.68. The van der Waals surface area contributed by atoms with Crippen molar-refractivity contribution in [2.24, 2.45) is 0 Å². The van der Waals surface area contributed by atoms with Crippen molar-refractivity contribution in [1.29, 1.82) is 0 Å². The van der Waals surface area contributed by atoms with Crippen LogP contribution in [0, 0.1) is 0 Å².